The highest BCUT2D eigenvalue weighted by Gasteiger charge is 2.19. The highest BCUT2D eigenvalue weighted by Crippen LogP contribution is 2.24. The second kappa shape index (κ2) is 6.61. The number of hydrogen-bond donors (Lipinski definition) is 0. The summed E-state index contributed by atoms with van der Waals surface area (Å²) in [7, 11) is 0. The zero-order chi connectivity index (χ0) is 14.7. The maximum absolute atomic E-state index is 11.4. The maximum Gasteiger partial charge on any atom is 0.137 e. The summed E-state index contributed by atoms with van der Waals surface area (Å²) in [5.74, 6) is 1.31. The van der Waals surface area contributed by atoms with Crippen molar-refractivity contribution in [2.24, 2.45) is 0 Å². The fraction of sp³-hybridized carbons (Fsp3) is 0.611. The van der Waals surface area contributed by atoms with Gasteiger partial charge >= 0.3 is 0 Å². The van der Waals surface area contributed by atoms with E-state index in [0.717, 1.165) is 37.8 Å². The van der Waals surface area contributed by atoms with Crippen LogP contribution in [-0.4, -0.2) is 36.4 Å². The van der Waals surface area contributed by atoms with Gasteiger partial charge in [-0.25, -0.2) is 0 Å². The first-order valence-electron chi connectivity index (χ1n) is 8.23. The minimum absolute atomic E-state index is 0.357. The summed E-state index contributed by atoms with van der Waals surface area (Å²) in [6.45, 7) is 5.48. The second-order valence-electron chi connectivity index (χ2n) is 6.38. The van der Waals surface area contributed by atoms with Crippen molar-refractivity contribution in [1.29, 1.82) is 0 Å². The van der Waals surface area contributed by atoms with Crippen molar-refractivity contribution in [2.75, 3.05) is 19.7 Å². The van der Waals surface area contributed by atoms with E-state index in [0.29, 0.717) is 18.6 Å². The first-order chi connectivity index (χ1) is 10.2. The number of benzene rings is 1. The van der Waals surface area contributed by atoms with E-state index in [4.69, 9.17) is 4.74 Å². The predicted molar refractivity (Wildman–Crippen MR) is 83.9 cm³/mol. The summed E-state index contributed by atoms with van der Waals surface area (Å²) in [5, 5.41) is 0. The standard InChI is InChI=1S/C18H25NO2/c1-14-4-2-9-19(14)10-3-11-21-18-8-6-15-12-17(20)7-5-16(15)13-18/h6,8,13-14H,2-5,7,9-12H2,1H3/t14-/m1/s1. The zero-order valence-electron chi connectivity index (χ0n) is 12.9. The van der Waals surface area contributed by atoms with Crippen molar-refractivity contribution in [3.8, 4) is 5.75 Å². The highest BCUT2D eigenvalue weighted by molar-refractivity contribution is 5.83. The molecule has 1 atom stereocenters. The van der Waals surface area contributed by atoms with Gasteiger partial charge in [-0.05, 0) is 62.4 Å². The molecule has 0 N–H and O–H groups in total. The van der Waals surface area contributed by atoms with Crippen LogP contribution >= 0.6 is 0 Å². The van der Waals surface area contributed by atoms with Crippen molar-refractivity contribution in [2.45, 2.75) is 51.5 Å². The van der Waals surface area contributed by atoms with Crippen LogP contribution in [-0.2, 0) is 17.6 Å². The van der Waals surface area contributed by atoms with E-state index >= 15 is 0 Å². The highest BCUT2D eigenvalue weighted by atomic mass is 16.5. The fourth-order valence-electron chi connectivity index (χ4n) is 3.45. The number of aryl methyl sites for hydroxylation is 1. The Morgan fingerprint density at radius 3 is 3.00 bits per heavy atom. The molecule has 3 rings (SSSR count). The quantitative estimate of drug-likeness (QED) is 0.780. The van der Waals surface area contributed by atoms with Crippen LogP contribution in [0.5, 0.6) is 5.75 Å². The van der Waals surface area contributed by atoms with Gasteiger partial charge in [-0.1, -0.05) is 6.07 Å². The van der Waals surface area contributed by atoms with E-state index in [1.807, 2.05) is 6.07 Å². The topological polar surface area (TPSA) is 29.5 Å². The molecular weight excluding hydrogens is 262 g/mol. The lowest BCUT2D eigenvalue weighted by molar-refractivity contribution is -0.118. The van der Waals surface area contributed by atoms with Gasteiger partial charge in [0, 0.05) is 25.4 Å². The molecule has 2 aliphatic rings. The van der Waals surface area contributed by atoms with E-state index in [9.17, 15) is 4.79 Å². The molecule has 114 valence electrons. The van der Waals surface area contributed by atoms with E-state index < -0.39 is 0 Å². The summed E-state index contributed by atoms with van der Waals surface area (Å²) in [6.07, 6.45) is 5.91. The number of Topliss-reactive ketones (excluding diaryl/α,β-unsaturated/α-hetero) is 1. The molecule has 0 radical (unpaired) electrons. The molecule has 1 aliphatic heterocycles. The second-order valence-corrected chi connectivity index (χ2v) is 6.38. The Morgan fingerprint density at radius 1 is 1.29 bits per heavy atom. The van der Waals surface area contributed by atoms with E-state index in [2.05, 4.69) is 24.0 Å². The molecule has 1 saturated heterocycles. The first kappa shape index (κ1) is 14.6. The summed E-state index contributed by atoms with van der Waals surface area (Å²) in [6, 6.07) is 6.94. The van der Waals surface area contributed by atoms with Crippen LogP contribution in [0.2, 0.25) is 0 Å². The third-order valence-electron chi connectivity index (χ3n) is 4.79. The number of ether oxygens (including phenoxy) is 1. The lowest BCUT2D eigenvalue weighted by Crippen LogP contribution is -2.28. The Bertz CT molecular complexity index is 512. The van der Waals surface area contributed by atoms with Gasteiger partial charge in [0.15, 0.2) is 0 Å². The van der Waals surface area contributed by atoms with Crippen molar-refractivity contribution in [3.05, 3.63) is 29.3 Å². The number of hydrogen-bond acceptors (Lipinski definition) is 3. The molecule has 21 heavy (non-hydrogen) atoms. The Labute approximate surface area is 127 Å². The normalized spacial score (nSPS) is 22.3. The smallest absolute Gasteiger partial charge is 0.137 e. The van der Waals surface area contributed by atoms with Gasteiger partial charge in [0.1, 0.15) is 11.5 Å². The number of fused-ring (bicyclic) bond motifs is 1. The Hall–Kier alpha value is -1.35. The summed E-state index contributed by atoms with van der Waals surface area (Å²) in [5.41, 5.74) is 2.48. The van der Waals surface area contributed by atoms with Crippen LogP contribution in [0, 0.1) is 0 Å². The first-order valence-corrected chi connectivity index (χ1v) is 8.23. The van der Waals surface area contributed by atoms with Crippen LogP contribution in [0.1, 0.15) is 43.7 Å². The predicted octanol–water partition coefficient (Wildman–Crippen LogP) is 3.00. The van der Waals surface area contributed by atoms with Crippen LogP contribution in [0.4, 0.5) is 0 Å². The molecule has 0 unspecified atom stereocenters. The molecule has 0 spiro atoms. The number of carbonyl (C=O) groups is 1. The van der Waals surface area contributed by atoms with Crippen LogP contribution < -0.4 is 4.74 Å². The average molecular weight is 287 g/mol. The molecule has 1 aromatic rings. The molecule has 3 nitrogen and oxygen atoms in total. The van der Waals surface area contributed by atoms with Gasteiger partial charge in [-0.3, -0.25) is 4.79 Å². The van der Waals surface area contributed by atoms with Gasteiger partial charge in [-0.15, -0.1) is 0 Å². The monoisotopic (exact) mass is 287 g/mol. The SMILES string of the molecule is C[C@@H]1CCCN1CCCOc1ccc2c(c1)CCC(=O)C2. The van der Waals surface area contributed by atoms with Gasteiger partial charge < -0.3 is 9.64 Å². The molecule has 3 heteroatoms. The number of carbonyl (C=O) groups excluding carboxylic acids is 1. The van der Waals surface area contributed by atoms with Gasteiger partial charge in [0.2, 0.25) is 0 Å². The number of nitrogens with zero attached hydrogens (tertiary/aromatic N) is 1. The fourth-order valence-corrected chi connectivity index (χ4v) is 3.45. The lowest BCUT2D eigenvalue weighted by Gasteiger charge is -2.21. The van der Waals surface area contributed by atoms with E-state index in [1.165, 1.54) is 30.5 Å². The van der Waals surface area contributed by atoms with Gasteiger partial charge in [0.05, 0.1) is 6.61 Å². The molecule has 1 heterocycles. The molecular formula is C18H25NO2. The molecule has 1 fully saturated rings. The lowest BCUT2D eigenvalue weighted by atomic mass is 9.91. The number of rotatable bonds is 5. The number of ketones is 1. The van der Waals surface area contributed by atoms with E-state index in [1.54, 1.807) is 0 Å². The number of likely N-dealkylation sites (tertiary alicyclic amines) is 1. The van der Waals surface area contributed by atoms with Crippen LogP contribution in [0.15, 0.2) is 18.2 Å². The molecule has 0 aromatic heterocycles. The molecule has 0 bridgehead atoms. The summed E-state index contributed by atoms with van der Waals surface area (Å²) in [4.78, 5) is 14.0. The average Bonchev–Trinajstić information content (AvgIpc) is 2.89. The van der Waals surface area contributed by atoms with Crippen molar-refractivity contribution in [3.63, 3.8) is 0 Å². The van der Waals surface area contributed by atoms with Crippen LogP contribution in [0.25, 0.3) is 0 Å². The van der Waals surface area contributed by atoms with Gasteiger partial charge in [0.25, 0.3) is 0 Å². The largest absolute Gasteiger partial charge is 0.494 e. The maximum atomic E-state index is 11.4. The minimum atomic E-state index is 0.357. The zero-order valence-corrected chi connectivity index (χ0v) is 12.9. The molecule has 1 aliphatic carbocycles. The molecule has 1 aromatic carbocycles. The third-order valence-corrected chi connectivity index (χ3v) is 4.79. The Balaban J connectivity index is 1.46. The summed E-state index contributed by atoms with van der Waals surface area (Å²) >= 11 is 0. The van der Waals surface area contributed by atoms with E-state index in [-0.39, 0.29) is 0 Å². The van der Waals surface area contributed by atoms with Crippen LogP contribution in [0.3, 0.4) is 0 Å². The Morgan fingerprint density at radius 2 is 2.19 bits per heavy atom. The minimum Gasteiger partial charge on any atom is -0.494 e. The van der Waals surface area contributed by atoms with Gasteiger partial charge in [-0.2, -0.15) is 0 Å². The third kappa shape index (κ3) is 3.65. The van der Waals surface area contributed by atoms with Crippen molar-refractivity contribution < 1.29 is 9.53 Å². The van der Waals surface area contributed by atoms with Crippen molar-refractivity contribution in [1.82, 2.24) is 4.90 Å². The van der Waals surface area contributed by atoms with Crippen molar-refractivity contribution >= 4 is 5.78 Å². The molecule has 0 saturated carbocycles. The summed E-state index contributed by atoms with van der Waals surface area (Å²) < 4.78 is 5.88. The Kier molecular flexibility index (Phi) is 4.59. The molecule has 0 amide bonds.